The third kappa shape index (κ3) is 4.39. The van der Waals surface area contributed by atoms with E-state index in [2.05, 4.69) is 12.2 Å². The first kappa shape index (κ1) is 19.6. The first-order chi connectivity index (χ1) is 12.9. The number of esters is 1. The Morgan fingerprint density at radius 1 is 1.41 bits per heavy atom. The fourth-order valence-electron chi connectivity index (χ4n) is 3.13. The van der Waals surface area contributed by atoms with E-state index < -0.39 is 23.9 Å². The van der Waals surface area contributed by atoms with Crippen LogP contribution in [-0.2, 0) is 22.4 Å². The van der Waals surface area contributed by atoms with Crippen LogP contribution in [0.15, 0.2) is 17.5 Å². The number of nitrogens with two attached hydrogens (primary N) is 1. The molecule has 3 N–H and O–H groups in total. The van der Waals surface area contributed by atoms with Gasteiger partial charge in [-0.1, -0.05) is 13.3 Å². The molecule has 144 valence electrons. The lowest BCUT2D eigenvalue weighted by Crippen LogP contribution is -2.30. The van der Waals surface area contributed by atoms with Crippen LogP contribution in [0.4, 0.5) is 5.00 Å². The van der Waals surface area contributed by atoms with Crippen molar-refractivity contribution in [2.75, 3.05) is 5.32 Å². The summed E-state index contributed by atoms with van der Waals surface area (Å²) >= 11 is 2.64. The zero-order valence-corrected chi connectivity index (χ0v) is 16.9. The maximum atomic E-state index is 12.4. The Balaban J connectivity index is 1.62. The second-order valence-electron chi connectivity index (χ2n) is 6.64. The van der Waals surface area contributed by atoms with Gasteiger partial charge in [0.05, 0.1) is 5.56 Å². The zero-order chi connectivity index (χ0) is 19.6. The molecule has 0 fully saturated rings. The van der Waals surface area contributed by atoms with Gasteiger partial charge in [0.25, 0.3) is 11.8 Å². The summed E-state index contributed by atoms with van der Waals surface area (Å²) in [5.74, 6) is -0.941. The average Bonchev–Trinajstić information content (AvgIpc) is 3.27. The van der Waals surface area contributed by atoms with Gasteiger partial charge in [0.15, 0.2) is 6.10 Å². The molecule has 2 heterocycles. The van der Waals surface area contributed by atoms with Gasteiger partial charge in [0, 0.05) is 4.88 Å². The largest absolute Gasteiger partial charge is 0.448 e. The molecule has 1 aliphatic rings. The first-order valence-corrected chi connectivity index (χ1v) is 10.6. The Kier molecular flexibility index (Phi) is 5.96. The number of carbonyl (C=O) groups excluding carboxylic acids is 3. The van der Waals surface area contributed by atoms with Gasteiger partial charge in [-0.2, -0.15) is 0 Å². The van der Waals surface area contributed by atoms with Crippen molar-refractivity contribution < 1.29 is 19.1 Å². The van der Waals surface area contributed by atoms with Crippen molar-refractivity contribution >= 4 is 45.5 Å². The summed E-state index contributed by atoms with van der Waals surface area (Å²) < 4.78 is 5.33. The van der Waals surface area contributed by atoms with Crippen LogP contribution in [0.2, 0.25) is 0 Å². The predicted octanol–water partition coefficient (Wildman–Crippen LogP) is 3.61. The highest BCUT2D eigenvalue weighted by molar-refractivity contribution is 7.15. The average molecular weight is 407 g/mol. The molecule has 8 heteroatoms. The minimum atomic E-state index is -0.983. The lowest BCUT2D eigenvalue weighted by atomic mass is 9.87. The lowest BCUT2D eigenvalue weighted by Gasteiger charge is -2.19. The minimum absolute atomic E-state index is 0.239. The summed E-state index contributed by atoms with van der Waals surface area (Å²) in [5, 5.41) is 4.61. The highest BCUT2D eigenvalue weighted by Crippen LogP contribution is 2.34. The number of rotatable bonds is 6. The topological polar surface area (TPSA) is 98.5 Å². The molecule has 0 bridgehead atoms. The van der Waals surface area contributed by atoms with Crippen molar-refractivity contribution in [3.05, 3.63) is 38.4 Å². The molecule has 0 aliphatic heterocycles. The Morgan fingerprint density at radius 2 is 2.19 bits per heavy atom. The number of primary amides is 1. The fourth-order valence-corrected chi connectivity index (χ4v) is 5.02. The van der Waals surface area contributed by atoms with Gasteiger partial charge in [-0.3, -0.25) is 9.59 Å². The summed E-state index contributed by atoms with van der Waals surface area (Å²) in [6.45, 7) is 3.69. The van der Waals surface area contributed by atoms with Crippen LogP contribution in [0, 0.1) is 5.92 Å². The number of nitrogens with one attached hydrogen (secondary N) is 1. The Hall–Kier alpha value is -2.19. The van der Waals surface area contributed by atoms with Crippen LogP contribution in [0.5, 0.6) is 0 Å². The van der Waals surface area contributed by atoms with E-state index in [1.807, 2.05) is 6.07 Å². The molecular weight excluding hydrogens is 384 g/mol. The van der Waals surface area contributed by atoms with Crippen molar-refractivity contribution in [2.24, 2.45) is 11.7 Å². The summed E-state index contributed by atoms with van der Waals surface area (Å²) in [6, 6.07) is 3.44. The molecule has 6 nitrogen and oxygen atoms in total. The van der Waals surface area contributed by atoms with Gasteiger partial charge in [-0.25, -0.2) is 4.79 Å². The number of hydrogen-bond acceptors (Lipinski definition) is 6. The fraction of sp³-hybridized carbons (Fsp3) is 0.421. The van der Waals surface area contributed by atoms with Gasteiger partial charge in [-0.05, 0) is 55.2 Å². The molecule has 2 aromatic heterocycles. The van der Waals surface area contributed by atoms with Crippen LogP contribution in [0.25, 0.3) is 0 Å². The van der Waals surface area contributed by atoms with Crippen molar-refractivity contribution in [3.63, 3.8) is 0 Å². The molecule has 0 radical (unpaired) electrons. The van der Waals surface area contributed by atoms with E-state index in [-0.39, 0.29) is 5.56 Å². The number of fused-ring (bicyclic) bond motifs is 1. The SMILES string of the molecule is CC[C@@H]1CCc2sc(C(=O)O[C@H](C)C(=O)Nc3sccc3C(N)=O)cc2C1. The predicted molar refractivity (Wildman–Crippen MR) is 106 cm³/mol. The van der Waals surface area contributed by atoms with Crippen LogP contribution in [0.3, 0.4) is 0 Å². The molecule has 0 spiro atoms. The summed E-state index contributed by atoms with van der Waals surface area (Å²) in [5.41, 5.74) is 6.74. The van der Waals surface area contributed by atoms with Gasteiger partial charge in [0.1, 0.15) is 9.88 Å². The zero-order valence-electron chi connectivity index (χ0n) is 15.2. The molecule has 3 rings (SSSR count). The summed E-state index contributed by atoms with van der Waals surface area (Å²) in [7, 11) is 0. The van der Waals surface area contributed by atoms with Crippen molar-refractivity contribution in [2.45, 2.75) is 45.6 Å². The lowest BCUT2D eigenvalue weighted by molar-refractivity contribution is -0.123. The standard InChI is InChI=1S/C19H22N2O4S2/c1-3-11-4-5-14-12(8-11)9-15(27-14)19(24)25-10(2)17(23)21-18-13(16(20)22)6-7-26-18/h6-7,9-11H,3-5,8H2,1-2H3,(H2,20,22)(H,21,23)/t10-,11-/m1/s1. The molecule has 0 aromatic carbocycles. The first-order valence-electron chi connectivity index (χ1n) is 8.89. The maximum absolute atomic E-state index is 12.4. The van der Waals surface area contributed by atoms with Gasteiger partial charge < -0.3 is 15.8 Å². The van der Waals surface area contributed by atoms with Gasteiger partial charge in [-0.15, -0.1) is 22.7 Å². The minimum Gasteiger partial charge on any atom is -0.448 e. The van der Waals surface area contributed by atoms with Crippen molar-refractivity contribution in [3.8, 4) is 0 Å². The van der Waals surface area contributed by atoms with E-state index >= 15 is 0 Å². The molecular formula is C19H22N2O4S2. The normalized spacial score (nSPS) is 17.0. The number of ether oxygens (including phenoxy) is 1. The molecule has 2 amide bonds. The van der Waals surface area contributed by atoms with Gasteiger partial charge >= 0.3 is 5.97 Å². The molecule has 27 heavy (non-hydrogen) atoms. The van der Waals surface area contributed by atoms with Gasteiger partial charge in [0.2, 0.25) is 0 Å². The third-order valence-electron chi connectivity index (χ3n) is 4.78. The van der Waals surface area contributed by atoms with Crippen LogP contribution < -0.4 is 11.1 Å². The molecule has 0 saturated heterocycles. The quantitative estimate of drug-likeness (QED) is 0.716. The van der Waals surface area contributed by atoms with Crippen molar-refractivity contribution in [1.29, 1.82) is 0 Å². The monoisotopic (exact) mass is 406 g/mol. The van der Waals surface area contributed by atoms with E-state index in [0.717, 1.165) is 25.7 Å². The van der Waals surface area contributed by atoms with E-state index in [1.165, 1.54) is 40.0 Å². The van der Waals surface area contributed by atoms with Crippen molar-refractivity contribution in [1.82, 2.24) is 0 Å². The number of amides is 2. The Labute approximate surface area is 165 Å². The molecule has 2 atom stereocenters. The number of anilines is 1. The summed E-state index contributed by atoms with van der Waals surface area (Å²) in [4.78, 5) is 37.8. The second kappa shape index (κ2) is 8.22. The van der Waals surface area contributed by atoms with Crippen LogP contribution in [0.1, 0.15) is 57.2 Å². The maximum Gasteiger partial charge on any atom is 0.349 e. The number of carbonyl (C=O) groups is 3. The summed E-state index contributed by atoms with van der Waals surface area (Å²) in [6.07, 6.45) is 3.31. The third-order valence-corrected chi connectivity index (χ3v) is 6.83. The van der Waals surface area contributed by atoms with E-state index in [1.54, 1.807) is 11.4 Å². The van der Waals surface area contributed by atoms with E-state index in [0.29, 0.717) is 15.8 Å². The molecule has 2 aromatic rings. The van der Waals surface area contributed by atoms with Crippen LogP contribution in [-0.4, -0.2) is 23.9 Å². The highest BCUT2D eigenvalue weighted by atomic mass is 32.1. The van der Waals surface area contributed by atoms with E-state index in [9.17, 15) is 14.4 Å². The number of aryl methyl sites for hydroxylation is 1. The number of hydrogen-bond donors (Lipinski definition) is 2. The van der Waals surface area contributed by atoms with E-state index in [4.69, 9.17) is 10.5 Å². The highest BCUT2D eigenvalue weighted by Gasteiger charge is 2.25. The molecule has 0 unspecified atom stereocenters. The second-order valence-corrected chi connectivity index (χ2v) is 8.69. The molecule has 1 aliphatic carbocycles. The van der Waals surface area contributed by atoms with Crippen LogP contribution >= 0.6 is 22.7 Å². The Bertz CT molecular complexity index is 871. The Morgan fingerprint density at radius 3 is 2.89 bits per heavy atom. The smallest absolute Gasteiger partial charge is 0.349 e. The molecule has 0 saturated carbocycles. The number of thiophene rings is 2.